The van der Waals surface area contributed by atoms with Crippen LogP contribution in [0.15, 0.2) is 42.7 Å². The highest BCUT2D eigenvalue weighted by molar-refractivity contribution is 6.23. The molecule has 3 aliphatic heterocycles. The van der Waals surface area contributed by atoms with E-state index in [2.05, 4.69) is 10.3 Å². The van der Waals surface area contributed by atoms with Crippen LogP contribution in [0.4, 0.5) is 23.7 Å². The van der Waals surface area contributed by atoms with Crippen LogP contribution in [-0.4, -0.2) is 40.1 Å². The number of anilines is 1. The first-order valence-corrected chi connectivity index (χ1v) is 11.4. The van der Waals surface area contributed by atoms with E-state index in [9.17, 15) is 27.6 Å². The van der Waals surface area contributed by atoms with Gasteiger partial charge in [-0.05, 0) is 49.7 Å². The average molecular weight is 514 g/mol. The van der Waals surface area contributed by atoms with Crippen molar-refractivity contribution in [3.8, 4) is 6.07 Å². The van der Waals surface area contributed by atoms with Crippen LogP contribution in [0.25, 0.3) is 0 Å². The maximum Gasteiger partial charge on any atom is 0.417 e. The Morgan fingerprint density at radius 2 is 1.89 bits per heavy atom. The fourth-order valence-corrected chi connectivity index (χ4v) is 5.82. The number of halogens is 3. The van der Waals surface area contributed by atoms with Crippen molar-refractivity contribution in [2.75, 3.05) is 4.90 Å². The molecule has 9 nitrogen and oxygen atoms in total. The van der Waals surface area contributed by atoms with Gasteiger partial charge >= 0.3 is 12.3 Å². The van der Waals surface area contributed by atoms with Gasteiger partial charge in [0.05, 0.1) is 52.0 Å². The van der Waals surface area contributed by atoms with Gasteiger partial charge < -0.3 is 14.8 Å². The summed E-state index contributed by atoms with van der Waals surface area (Å²) in [5.74, 6) is -3.39. The lowest BCUT2D eigenvalue weighted by atomic mass is 9.66. The smallest absolute Gasteiger partial charge is 0.417 e. The highest BCUT2D eigenvalue weighted by Crippen LogP contribution is 2.61. The molecule has 3 fully saturated rings. The van der Waals surface area contributed by atoms with E-state index in [1.54, 1.807) is 38.4 Å². The molecule has 3 aliphatic rings. The van der Waals surface area contributed by atoms with Crippen molar-refractivity contribution in [1.29, 1.82) is 5.26 Å². The number of pyridine rings is 1. The Balaban J connectivity index is 1.39. The molecule has 192 valence electrons. The number of carbonyl (C=O) groups excluding carboxylic acids is 3. The minimum absolute atomic E-state index is 0.00656. The lowest BCUT2D eigenvalue weighted by Gasteiger charge is -2.35. The molecule has 5 atom stereocenters. The summed E-state index contributed by atoms with van der Waals surface area (Å²) in [5.41, 5.74) is -3.84. The van der Waals surface area contributed by atoms with Gasteiger partial charge in [-0.1, -0.05) is 0 Å². The number of alkyl carbamates (subject to hydrolysis) is 1. The van der Waals surface area contributed by atoms with Crippen LogP contribution >= 0.6 is 0 Å². The van der Waals surface area contributed by atoms with E-state index in [0.29, 0.717) is 6.07 Å². The molecule has 0 radical (unpaired) electrons. The first-order valence-electron chi connectivity index (χ1n) is 11.4. The molecule has 3 saturated heterocycles. The van der Waals surface area contributed by atoms with E-state index < -0.39 is 64.3 Å². The van der Waals surface area contributed by atoms with E-state index in [0.717, 1.165) is 22.6 Å². The number of carbonyl (C=O) groups is 3. The Hall–Kier alpha value is -3.98. The number of rotatable bonds is 4. The minimum atomic E-state index is -4.85. The molecular weight excluding hydrogens is 493 g/mol. The maximum absolute atomic E-state index is 13.5. The number of alkyl halides is 3. The van der Waals surface area contributed by atoms with Crippen LogP contribution in [0.5, 0.6) is 0 Å². The van der Waals surface area contributed by atoms with Gasteiger partial charge in [0.15, 0.2) is 0 Å². The Kier molecular flexibility index (Phi) is 5.52. The highest BCUT2D eigenvalue weighted by Gasteiger charge is 2.76. The molecule has 2 bridgehead atoms. The summed E-state index contributed by atoms with van der Waals surface area (Å²) < 4.78 is 52.0. The molecule has 2 aromatic rings. The summed E-state index contributed by atoms with van der Waals surface area (Å²) in [7, 11) is 0. The third-order valence-electron chi connectivity index (χ3n) is 7.43. The molecule has 0 saturated carbocycles. The van der Waals surface area contributed by atoms with Crippen molar-refractivity contribution in [2.24, 2.45) is 11.8 Å². The summed E-state index contributed by atoms with van der Waals surface area (Å²) in [6.07, 6.45) is -2.28. The average Bonchev–Trinajstić information content (AvgIpc) is 3.37. The normalized spacial score (nSPS) is 30.3. The summed E-state index contributed by atoms with van der Waals surface area (Å²) in [6, 6.07) is 6.88. The van der Waals surface area contributed by atoms with Crippen molar-refractivity contribution in [3.63, 3.8) is 0 Å². The van der Waals surface area contributed by atoms with Crippen LogP contribution in [0.2, 0.25) is 0 Å². The minimum Gasteiger partial charge on any atom is -0.445 e. The molecule has 12 heteroatoms. The van der Waals surface area contributed by atoms with Gasteiger partial charge in [-0.2, -0.15) is 18.4 Å². The number of nitrogens with one attached hydrogen (secondary N) is 1. The van der Waals surface area contributed by atoms with Crippen LogP contribution in [0.1, 0.15) is 37.0 Å². The molecule has 0 aliphatic carbocycles. The SMILES string of the molecule is C[C@]12O[C@](C)(C[C@H]1NC(=O)OCc1ccncc1)[C@H]1C(=O)N(c3ccc(C#N)c(C(F)(F)F)c3)C(=O)[C@H]12. The van der Waals surface area contributed by atoms with E-state index in [-0.39, 0.29) is 18.7 Å². The van der Waals surface area contributed by atoms with E-state index >= 15 is 0 Å². The fourth-order valence-electron chi connectivity index (χ4n) is 5.82. The number of imide groups is 1. The zero-order valence-corrected chi connectivity index (χ0v) is 19.7. The number of amides is 3. The zero-order valence-electron chi connectivity index (χ0n) is 19.7. The van der Waals surface area contributed by atoms with Crippen molar-refractivity contribution < 1.29 is 37.0 Å². The predicted molar refractivity (Wildman–Crippen MR) is 119 cm³/mol. The number of fused-ring (bicyclic) bond motifs is 5. The van der Waals surface area contributed by atoms with Crippen LogP contribution < -0.4 is 10.2 Å². The van der Waals surface area contributed by atoms with Gasteiger partial charge in [0, 0.05) is 18.8 Å². The maximum atomic E-state index is 13.5. The lowest BCUT2D eigenvalue weighted by Crippen LogP contribution is -2.56. The monoisotopic (exact) mass is 514 g/mol. The topological polar surface area (TPSA) is 122 Å². The molecule has 37 heavy (non-hydrogen) atoms. The second-order valence-corrected chi connectivity index (χ2v) is 9.74. The van der Waals surface area contributed by atoms with Gasteiger partial charge in [0.25, 0.3) is 0 Å². The quantitative estimate of drug-likeness (QED) is 0.621. The Morgan fingerprint density at radius 3 is 2.54 bits per heavy atom. The number of nitrogens with zero attached hydrogens (tertiary/aromatic N) is 3. The van der Waals surface area contributed by atoms with E-state index in [1.807, 2.05) is 0 Å². The Labute approximate surface area is 209 Å². The van der Waals surface area contributed by atoms with Gasteiger partial charge in [0.1, 0.15) is 6.61 Å². The third kappa shape index (κ3) is 3.81. The molecule has 5 rings (SSSR count). The van der Waals surface area contributed by atoms with Gasteiger partial charge in [-0.3, -0.25) is 14.6 Å². The molecule has 1 aromatic carbocycles. The van der Waals surface area contributed by atoms with E-state index in [4.69, 9.17) is 14.7 Å². The van der Waals surface area contributed by atoms with E-state index in [1.165, 1.54) is 6.07 Å². The summed E-state index contributed by atoms with van der Waals surface area (Å²) in [5, 5.41) is 11.8. The summed E-state index contributed by atoms with van der Waals surface area (Å²) >= 11 is 0. The number of ether oxygens (including phenoxy) is 2. The summed E-state index contributed by atoms with van der Waals surface area (Å²) in [4.78, 5) is 44.1. The van der Waals surface area contributed by atoms with Crippen molar-refractivity contribution >= 4 is 23.6 Å². The van der Waals surface area contributed by atoms with Crippen LogP contribution in [0.3, 0.4) is 0 Å². The number of nitriles is 1. The molecule has 4 heterocycles. The first-order chi connectivity index (χ1) is 17.4. The molecule has 3 amide bonds. The van der Waals surface area contributed by atoms with Gasteiger partial charge in [-0.15, -0.1) is 0 Å². The lowest BCUT2D eigenvalue weighted by molar-refractivity contribution is -0.138. The zero-order chi connectivity index (χ0) is 26.8. The standard InChI is InChI=1S/C25H21F3N4O5/c1-23-10-17(31-22(35)36-12-13-5-7-30-8-6-13)24(2,37-23)19-18(23)20(33)32(21(19)34)15-4-3-14(11-29)16(9-15)25(26,27)28/h3-9,17-19H,10,12H2,1-2H3,(H,31,35)/t17-,18-,19+,23-,24+/m1/s1. The molecule has 0 spiro atoms. The van der Waals surface area contributed by atoms with Crippen LogP contribution in [0, 0.1) is 23.2 Å². The highest BCUT2D eigenvalue weighted by atomic mass is 19.4. The number of hydrogen-bond donors (Lipinski definition) is 1. The second kappa shape index (κ2) is 8.27. The number of hydrogen-bond acceptors (Lipinski definition) is 7. The van der Waals surface area contributed by atoms with Gasteiger partial charge in [0.2, 0.25) is 11.8 Å². The second-order valence-electron chi connectivity index (χ2n) is 9.74. The molecular formula is C25H21F3N4O5. The predicted octanol–water partition coefficient (Wildman–Crippen LogP) is 3.32. The number of aromatic nitrogens is 1. The number of benzene rings is 1. The Bertz CT molecular complexity index is 1340. The fraction of sp³-hybridized carbons (Fsp3) is 0.400. The van der Waals surface area contributed by atoms with Crippen LogP contribution in [-0.2, 0) is 31.8 Å². The van der Waals surface area contributed by atoms with Crippen molar-refractivity contribution in [2.45, 2.75) is 50.3 Å². The molecule has 1 N–H and O–H groups in total. The molecule has 0 unspecified atom stereocenters. The first kappa shape index (κ1) is 24.7. The Morgan fingerprint density at radius 1 is 1.22 bits per heavy atom. The largest absolute Gasteiger partial charge is 0.445 e. The third-order valence-corrected chi connectivity index (χ3v) is 7.43. The van der Waals surface area contributed by atoms with Gasteiger partial charge in [-0.25, -0.2) is 9.69 Å². The van der Waals surface area contributed by atoms with Crippen molar-refractivity contribution in [1.82, 2.24) is 10.3 Å². The summed E-state index contributed by atoms with van der Waals surface area (Å²) in [6.45, 7) is 3.24. The molecule has 1 aromatic heterocycles. The van der Waals surface area contributed by atoms with Crippen molar-refractivity contribution in [3.05, 3.63) is 59.4 Å².